The SMILES string of the molecule is CC(C)OC1CC(Br)C12CCCCC2. The second-order valence-corrected chi connectivity index (χ2v) is 6.28. The first kappa shape index (κ1) is 10.9. The van der Waals surface area contributed by atoms with Crippen LogP contribution in [0.5, 0.6) is 0 Å². The molecule has 0 aromatic heterocycles. The fourth-order valence-corrected chi connectivity index (χ4v) is 4.16. The Bertz CT molecular complexity index is 196. The van der Waals surface area contributed by atoms with Gasteiger partial charge < -0.3 is 4.74 Å². The first-order valence-electron chi connectivity index (χ1n) is 5.95. The average Bonchev–Trinajstić information content (AvgIpc) is 2.18. The summed E-state index contributed by atoms with van der Waals surface area (Å²) in [5.74, 6) is 0. The molecule has 2 saturated carbocycles. The van der Waals surface area contributed by atoms with Crippen LogP contribution in [0, 0.1) is 5.41 Å². The number of rotatable bonds is 2. The summed E-state index contributed by atoms with van der Waals surface area (Å²) in [6.07, 6.45) is 9.13. The largest absolute Gasteiger partial charge is 0.375 e. The summed E-state index contributed by atoms with van der Waals surface area (Å²) in [5.41, 5.74) is 0.503. The predicted molar refractivity (Wildman–Crippen MR) is 62.9 cm³/mol. The summed E-state index contributed by atoms with van der Waals surface area (Å²) in [5, 5.41) is 0. The van der Waals surface area contributed by atoms with Crippen molar-refractivity contribution in [2.24, 2.45) is 5.41 Å². The molecule has 0 N–H and O–H groups in total. The zero-order valence-electron chi connectivity index (χ0n) is 9.26. The third-order valence-corrected chi connectivity index (χ3v) is 5.19. The first-order chi connectivity index (χ1) is 6.65. The number of ether oxygens (including phenoxy) is 1. The maximum atomic E-state index is 6.02. The second kappa shape index (κ2) is 4.13. The van der Waals surface area contributed by atoms with Crippen molar-refractivity contribution in [3.05, 3.63) is 0 Å². The van der Waals surface area contributed by atoms with E-state index in [0.717, 1.165) is 4.83 Å². The molecule has 2 fully saturated rings. The fourth-order valence-electron chi connectivity index (χ4n) is 3.06. The Morgan fingerprint density at radius 2 is 1.86 bits per heavy atom. The van der Waals surface area contributed by atoms with Crippen molar-refractivity contribution < 1.29 is 4.74 Å². The summed E-state index contributed by atoms with van der Waals surface area (Å²) in [7, 11) is 0. The maximum absolute atomic E-state index is 6.02. The van der Waals surface area contributed by atoms with Gasteiger partial charge in [-0.25, -0.2) is 0 Å². The smallest absolute Gasteiger partial charge is 0.0656 e. The van der Waals surface area contributed by atoms with E-state index in [1.165, 1.54) is 38.5 Å². The van der Waals surface area contributed by atoms with E-state index in [2.05, 4.69) is 29.8 Å². The van der Waals surface area contributed by atoms with Gasteiger partial charge in [-0.2, -0.15) is 0 Å². The molecule has 2 rings (SSSR count). The van der Waals surface area contributed by atoms with Gasteiger partial charge in [0.1, 0.15) is 0 Å². The highest BCUT2D eigenvalue weighted by Gasteiger charge is 2.54. The van der Waals surface area contributed by atoms with Crippen LogP contribution in [0.15, 0.2) is 0 Å². The lowest BCUT2D eigenvalue weighted by Gasteiger charge is -2.56. The molecule has 0 amide bonds. The lowest BCUT2D eigenvalue weighted by Crippen LogP contribution is -2.57. The van der Waals surface area contributed by atoms with Crippen LogP contribution in [0.4, 0.5) is 0 Å². The normalized spacial score (nSPS) is 36.0. The summed E-state index contributed by atoms with van der Waals surface area (Å²) in [6.45, 7) is 4.30. The quantitative estimate of drug-likeness (QED) is 0.685. The molecule has 1 spiro atoms. The minimum atomic E-state index is 0.388. The van der Waals surface area contributed by atoms with Crippen molar-refractivity contribution in [3.8, 4) is 0 Å². The molecule has 0 bridgehead atoms. The monoisotopic (exact) mass is 260 g/mol. The molecule has 0 aromatic rings. The van der Waals surface area contributed by atoms with Gasteiger partial charge in [0.2, 0.25) is 0 Å². The van der Waals surface area contributed by atoms with Gasteiger partial charge in [0.15, 0.2) is 0 Å². The molecule has 2 heteroatoms. The lowest BCUT2D eigenvalue weighted by molar-refractivity contribution is -0.141. The Labute approximate surface area is 95.7 Å². The van der Waals surface area contributed by atoms with Gasteiger partial charge in [-0.15, -0.1) is 0 Å². The van der Waals surface area contributed by atoms with Crippen molar-refractivity contribution in [1.82, 2.24) is 0 Å². The van der Waals surface area contributed by atoms with Crippen LogP contribution in [0.25, 0.3) is 0 Å². The predicted octanol–water partition coefficient (Wildman–Crippen LogP) is 3.90. The van der Waals surface area contributed by atoms with Gasteiger partial charge >= 0.3 is 0 Å². The number of hydrogen-bond acceptors (Lipinski definition) is 1. The zero-order valence-corrected chi connectivity index (χ0v) is 10.8. The molecule has 1 nitrogen and oxygen atoms in total. The van der Waals surface area contributed by atoms with Gasteiger partial charge in [-0.1, -0.05) is 35.2 Å². The van der Waals surface area contributed by atoms with Gasteiger partial charge in [0.05, 0.1) is 12.2 Å². The highest BCUT2D eigenvalue weighted by Crippen LogP contribution is 2.56. The third-order valence-electron chi connectivity index (χ3n) is 3.91. The third kappa shape index (κ3) is 1.76. The fraction of sp³-hybridized carbons (Fsp3) is 1.00. The number of halogens is 1. The maximum Gasteiger partial charge on any atom is 0.0656 e. The first-order valence-corrected chi connectivity index (χ1v) is 6.86. The molecule has 0 radical (unpaired) electrons. The van der Waals surface area contributed by atoms with E-state index in [-0.39, 0.29) is 0 Å². The van der Waals surface area contributed by atoms with Crippen molar-refractivity contribution in [3.63, 3.8) is 0 Å². The van der Waals surface area contributed by atoms with E-state index < -0.39 is 0 Å². The minimum Gasteiger partial charge on any atom is -0.375 e. The molecule has 14 heavy (non-hydrogen) atoms. The van der Waals surface area contributed by atoms with Crippen LogP contribution in [0.2, 0.25) is 0 Å². The minimum absolute atomic E-state index is 0.388. The average molecular weight is 261 g/mol. The molecular formula is C12H21BrO. The molecule has 2 aliphatic rings. The van der Waals surface area contributed by atoms with E-state index in [1.807, 2.05) is 0 Å². The van der Waals surface area contributed by atoms with Crippen LogP contribution in [-0.4, -0.2) is 17.0 Å². The molecule has 0 saturated heterocycles. The summed E-state index contributed by atoms with van der Waals surface area (Å²) < 4.78 is 6.02. The lowest BCUT2D eigenvalue weighted by atomic mass is 9.58. The van der Waals surface area contributed by atoms with Gasteiger partial charge in [0, 0.05) is 10.2 Å². The van der Waals surface area contributed by atoms with Gasteiger partial charge in [-0.3, -0.25) is 0 Å². The summed E-state index contributed by atoms with van der Waals surface area (Å²) in [6, 6.07) is 0. The molecule has 2 aliphatic carbocycles. The Kier molecular flexibility index (Phi) is 3.23. The molecule has 2 atom stereocenters. The second-order valence-electron chi connectivity index (χ2n) is 5.17. The van der Waals surface area contributed by atoms with Crippen molar-refractivity contribution >= 4 is 15.9 Å². The molecule has 0 aliphatic heterocycles. The van der Waals surface area contributed by atoms with Crippen LogP contribution in [0.3, 0.4) is 0 Å². The topological polar surface area (TPSA) is 9.23 Å². The summed E-state index contributed by atoms with van der Waals surface area (Å²) >= 11 is 3.83. The molecule has 0 heterocycles. The van der Waals surface area contributed by atoms with Crippen molar-refractivity contribution in [2.75, 3.05) is 0 Å². The standard InChI is InChI=1S/C12H21BrO/c1-9(2)14-11-8-10(13)12(11)6-4-3-5-7-12/h9-11H,3-8H2,1-2H3. The summed E-state index contributed by atoms with van der Waals surface area (Å²) in [4.78, 5) is 0.721. The molecule has 0 aromatic carbocycles. The van der Waals surface area contributed by atoms with Crippen LogP contribution in [-0.2, 0) is 4.74 Å². The van der Waals surface area contributed by atoms with E-state index in [4.69, 9.17) is 4.74 Å². The highest BCUT2D eigenvalue weighted by atomic mass is 79.9. The molecular weight excluding hydrogens is 240 g/mol. The van der Waals surface area contributed by atoms with Crippen LogP contribution < -0.4 is 0 Å². The molecule has 2 unspecified atom stereocenters. The Hall–Kier alpha value is 0.440. The number of alkyl halides is 1. The van der Waals surface area contributed by atoms with Gasteiger partial charge in [-0.05, 0) is 33.1 Å². The van der Waals surface area contributed by atoms with Crippen molar-refractivity contribution in [1.29, 1.82) is 0 Å². The Balaban J connectivity index is 1.99. The Morgan fingerprint density at radius 1 is 1.21 bits per heavy atom. The Morgan fingerprint density at radius 3 is 2.36 bits per heavy atom. The van der Waals surface area contributed by atoms with E-state index in [9.17, 15) is 0 Å². The van der Waals surface area contributed by atoms with Crippen LogP contribution >= 0.6 is 15.9 Å². The van der Waals surface area contributed by atoms with Crippen LogP contribution in [0.1, 0.15) is 52.4 Å². The molecule has 82 valence electrons. The van der Waals surface area contributed by atoms with E-state index >= 15 is 0 Å². The van der Waals surface area contributed by atoms with E-state index in [0.29, 0.717) is 17.6 Å². The van der Waals surface area contributed by atoms with Crippen molar-refractivity contribution in [2.45, 2.75) is 69.4 Å². The number of hydrogen-bond donors (Lipinski definition) is 0. The van der Waals surface area contributed by atoms with Gasteiger partial charge in [0.25, 0.3) is 0 Å². The zero-order chi connectivity index (χ0) is 10.2. The van der Waals surface area contributed by atoms with E-state index in [1.54, 1.807) is 0 Å². The highest BCUT2D eigenvalue weighted by molar-refractivity contribution is 9.09.